The number of carbonyl (C=O) groups excluding carboxylic acids is 3. The van der Waals surface area contributed by atoms with Crippen LogP contribution in [-0.2, 0) is 9.59 Å². The van der Waals surface area contributed by atoms with E-state index in [1.807, 2.05) is 0 Å². The molecule has 28 heavy (non-hydrogen) atoms. The maximum Gasteiger partial charge on any atom is 0.295 e. The van der Waals surface area contributed by atoms with Gasteiger partial charge in [-0.2, -0.15) is 0 Å². The van der Waals surface area contributed by atoms with Gasteiger partial charge in [-0.05, 0) is 49.2 Å². The summed E-state index contributed by atoms with van der Waals surface area (Å²) in [5.41, 5.74) is 0.553. The van der Waals surface area contributed by atoms with E-state index in [0.717, 1.165) is 25.7 Å². The van der Waals surface area contributed by atoms with Gasteiger partial charge in [-0.1, -0.05) is 12.8 Å². The van der Waals surface area contributed by atoms with Crippen molar-refractivity contribution in [3.8, 4) is 5.75 Å². The van der Waals surface area contributed by atoms with Gasteiger partial charge in [-0.3, -0.25) is 24.2 Å². The summed E-state index contributed by atoms with van der Waals surface area (Å²) in [7, 11) is 1.56. The Hall–Kier alpha value is -3.09. The molecule has 7 heteroatoms. The fourth-order valence-electron chi connectivity index (χ4n) is 4.07. The summed E-state index contributed by atoms with van der Waals surface area (Å²) in [5.74, 6) is -0.484. The number of methoxy groups -OCH3 is 1. The summed E-state index contributed by atoms with van der Waals surface area (Å²) in [6.45, 7) is -0.128. The third-order valence-corrected chi connectivity index (χ3v) is 5.58. The van der Waals surface area contributed by atoms with E-state index in [1.165, 1.54) is 16.1 Å². The van der Waals surface area contributed by atoms with Gasteiger partial charge in [0.05, 0.1) is 25.2 Å². The van der Waals surface area contributed by atoms with Crippen molar-refractivity contribution in [2.75, 3.05) is 18.7 Å². The summed E-state index contributed by atoms with van der Waals surface area (Å²) in [5, 5.41) is 0. The Balaban J connectivity index is 1.64. The third kappa shape index (κ3) is 3.17. The van der Waals surface area contributed by atoms with E-state index in [-0.39, 0.29) is 36.1 Å². The predicted octanol–water partition coefficient (Wildman–Crippen LogP) is 3.07. The van der Waals surface area contributed by atoms with Crippen molar-refractivity contribution in [3.05, 3.63) is 48.4 Å². The van der Waals surface area contributed by atoms with Crippen LogP contribution in [0.3, 0.4) is 0 Å². The lowest BCUT2D eigenvalue weighted by atomic mass is 9.81. The minimum absolute atomic E-state index is 0.128. The Morgan fingerprint density at radius 2 is 1.75 bits per heavy atom. The second kappa shape index (κ2) is 7.50. The van der Waals surface area contributed by atoms with Crippen molar-refractivity contribution in [2.45, 2.75) is 25.7 Å². The van der Waals surface area contributed by atoms with Gasteiger partial charge in [0.15, 0.2) is 5.76 Å². The molecule has 4 rings (SSSR count). The van der Waals surface area contributed by atoms with Gasteiger partial charge in [0.2, 0.25) is 11.8 Å². The number of rotatable bonds is 5. The van der Waals surface area contributed by atoms with Crippen molar-refractivity contribution >= 4 is 23.4 Å². The van der Waals surface area contributed by atoms with Crippen LogP contribution in [0.15, 0.2) is 47.1 Å². The van der Waals surface area contributed by atoms with E-state index < -0.39 is 5.91 Å². The number of imide groups is 1. The van der Waals surface area contributed by atoms with Gasteiger partial charge in [-0.25, -0.2) is 0 Å². The number of ether oxygens (including phenoxy) is 1. The minimum atomic E-state index is -0.411. The summed E-state index contributed by atoms with van der Waals surface area (Å²) in [4.78, 5) is 41.4. The first-order valence-corrected chi connectivity index (χ1v) is 9.45. The van der Waals surface area contributed by atoms with Gasteiger partial charge in [0.25, 0.3) is 5.91 Å². The molecule has 146 valence electrons. The van der Waals surface area contributed by atoms with Crippen LogP contribution in [0.2, 0.25) is 0 Å². The highest BCUT2D eigenvalue weighted by Crippen LogP contribution is 2.38. The number of fused-ring (bicyclic) bond motifs is 1. The molecule has 1 aliphatic carbocycles. The Kier molecular flexibility index (Phi) is 4.90. The maximum absolute atomic E-state index is 13.0. The lowest BCUT2D eigenvalue weighted by Crippen LogP contribution is -2.44. The number of amides is 3. The molecule has 0 bridgehead atoms. The molecule has 1 aliphatic heterocycles. The predicted molar refractivity (Wildman–Crippen MR) is 101 cm³/mol. The van der Waals surface area contributed by atoms with Crippen LogP contribution in [0.5, 0.6) is 5.75 Å². The van der Waals surface area contributed by atoms with Crippen LogP contribution in [0.25, 0.3) is 0 Å². The normalized spacial score (nSPS) is 21.5. The van der Waals surface area contributed by atoms with Crippen LogP contribution in [0, 0.1) is 11.8 Å². The van der Waals surface area contributed by atoms with Crippen molar-refractivity contribution in [1.82, 2.24) is 4.90 Å². The molecule has 0 unspecified atom stereocenters. The molecule has 2 fully saturated rings. The zero-order chi connectivity index (χ0) is 19.7. The first-order valence-electron chi connectivity index (χ1n) is 9.45. The lowest BCUT2D eigenvalue weighted by Gasteiger charge is -2.27. The van der Waals surface area contributed by atoms with Crippen LogP contribution >= 0.6 is 0 Å². The van der Waals surface area contributed by atoms with E-state index in [2.05, 4.69) is 0 Å². The molecular weight excluding hydrogens is 360 g/mol. The molecule has 0 radical (unpaired) electrons. The number of furan rings is 1. The maximum atomic E-state index is 13.0. The fraction of sp³-hybridized carbons (Fsp3) is 0.381. The van der Waals surface area contributed by atoms with Crippen molar-refractivity contribution in [1.29, 1.82) is 0 Å². The summed E-state index contributed by atoms with van der Waals surface area (Å²) >= 11 is 0. The average molecular weight is 382 g/mol. The van der Waals surface area contributed by atoms with E-state index in [0.29, 0.717) is 11.4 Å². The van der Waals surface area contributed by atoms with Gasteiger partial charge < -0.3 is 9.15 Å². The second-order valence-corrected chi connectivity index (χ2v) is 7.15. The van der Waals surface area contributed by atoms with Gasteiger partial charge >= 0.3 is 0 Å². The number of nitrogens with zero attached hydrogens (tertiary/aromatic N) is 2. The molecule has 2 aliphatic rings. The highest BCUT2D eigenvalue weighted by molar-refractivity contribution is 6.08. The monoisotopic (exact) mass is 382 g/mol. The number of anilines is 1. The molecule has 2 atom stereocenters. The van der Waals surface area contributed by atoms with Crippen LogP contribution in [0.4, 0.5) is 5.69 Å². The van der Waals surface area contributed by atoms with Gasteiger partial charge in [-0.15, -0.1) is 0 Å². The first-order chi connectivity index (χ1) is 13.6. The number of hydrogen-bond acceptors (Lipinski definition) is 5. The molecule has 1 saturated heterocycles. The topological polar surface area (TPSA) is 80.1 Å². The van der Waals surface area contributed by atoms with Crippen molar-refractivity contribution in [2.24, 2.45) is 11.8 Å². The second-order valence-electron chi connectivity index (χ2n) is 7.15. The molecule has 2 heterocycles. The third-order valence-electron chi connectivity index (χ3n) is 5.58. The Labute approximate surface area is 162 Å². The SMILES string of the molecule is COc1ccc(N(CN2C(=O)[C@H]3CCCC[C@H]3C2=O)C(=O)c2ccco2)cc1. The molecule has 2 aromatic rings. The number of benzene rings is 1. The lowest BCUT2D eigenvalue weighted by molar-refractivity contribution is -0.139. The highest BCUT2D eigenvalue weighted by atomic mass is 16.5. The minimum Gasteiger partial charge on any atom is -0.497 e. The molecule has 7 nitrogen and oxygen atoms in total. The number of likely N-dealkylation sites (tertiary alicyclic amines) is 1. The van der Waals surface area contributed by atoms with E-state index >= 15 is 0 Å². The zero-order valence-corrected chi connectivity index (χ0v) is 15.7. The molecule has 0 N–H and O–H groups in total. The fourth-order valence-corrected chi connectivity index (χ4v) is 4.07. The van der Waals surface area contributed by atoms with Crippen LogP contribution in [-0.4, -0.2) is 36.4 Å². The zero-order valence-electron chi connectivity index (χ0n) is 15.7. The van der Waals surface area contributed by atoms with Crippen LogP contribution < -0.4 is 9.64 Å². The van der Waals surface area contributed by atoms with E-state index in [1.54, 1.807) is 43.5 Å². The van der Waals surface area contributed by atoms with E-state index in [4.69, 9.17) is 9.15 Å². The number of hydrogen-bond donors (Lipinski definition) is 0. The molecular formula is C21H22N2O5. The Morgan fingerprint density at radius 3 is 2.29 bits per heavy atom. The quantitative estimate of drug-likeness (QED) is 0.743. The Bertz CT molecular complexity index is 851. The molecule has 1 aromatic carbocycles. The van der Waals surface area contributed by atoms with Crippen molar-refractivity contribution < 1.29 is 23.5 Å². The van der Waals surface area contributed by atoms with Crippen molar-refractivity contribution in [3.63, 3.8) is 0 Å². The number of carbonyl (C=O) groups is 3. The smallest absolute Gasteiger partial charge is 0.295 e. The molecule has 3 amide bonds. The van der Waals surface area contributed by atoms with Gasteiger partial charge in [0, 0.05) is 5.69 Å². The standard InChI is InChI=1S/C21H22N2O5/c1-27-15-10-8-14(9-11-15)22(21(26)18-7-4-12-28-18)13-23-19(24)16-5-2-3-6-17(16)20(23)25/h4,7-12,16-17H,2-3,5-6,13H2,1H3/t16-,17+. The van der Waals surface area contributed by atoms with Crippen LogP contribution in [0.1, 0.15) is 36.2 Å². The average Bonchev–Trinajstić information content (AvgIpc) is 3.35. The largest absolute Gasteiger partial charge is 0.497 e. The van der Waals surface area contributed by atoms with E-state index in [9.17, 15) is 14.4 Å². The summed E-state index contributed by atoms with van der Waals surface area (Å²) in [6.07, 6.45) is 4.81. The summed E-state index contributed by atoms with van der Waals surface area (Å²) < 4.78 is 10.4. The summed E-state index contributed by atoms with van der Waals surface area (Å²) in [6, 6.07) is 10.1. The first kappa shape index (κ1) is 18.3. The molecule has 1 saturated carbocycles. The van der Waals surface area contributed by atoms with Gasteiger partial charge in [0.1, 0.15) is 12.4 Å². The highest BCUT2D eigenvalue weighted by Gasteiger charge is 2.48. The molecule has 0 spiro atoms. The Morgan fingerprint density at radius 1 is 1.11 bits per heavy atom. The molecule has 1 aromatic heterocycles.